The second-order valence-corrected chi connectivity index (χ2v) is 7.53. The molecule has 1 atom stereocenters. The maximum atomic E-state index is 12.9. The summed E-state index contributed by atoms with van der Waals surface area (Å²) < 4.78 is 15.3. The van der Waals surface area contributed by atoms with E-state index in [4.69, 9.17) is 9.47 Å². The summed E-state index contributed by atoms with van der Waals surface area (Å²) in [6.07, 6.45) is 6.76. The van der Waals surface area contributed by atoms with E-state index >= 15 is 0 Å². The summed E-state index contributed by atoms with van der Waals surface area (Å²) >= 11 is 0. The smallest absolute Gasteiger partial charge is 0.270 e. The van der Waals surface area contributed by atoms with Crippen LogP contribution in [0.2, 0.25) is 0 Å². The maximum absolute atomic E-state index is 12.9. The monoisotopic (exact) mass is 372 g/mol. The van der Waals surface area contributed by atoms with Crippen LogP contribution in [0.15, 0.2) is 30.6 Å². The summed E-state index contributed by atoms with van der Waals surface area (Å²) in [6.45, 7) is 4.46. The number of aryl methyl sites for hydroxylation is 1. The third-order valence-corrected chi connectivity index (χ3v) is 5.62. The van der Waals surface area contributed by atoms with Crippen molar-refractivity contribution in [1.82, 2.24) is 19.2 Å². The molecule has 0 aliphatic carbocycles. The molecule has 2 aromatic heterocycles. The topological polar surface area (TPSA) is 61.5 Å². The van der Waals surface area contributed by atoms with Gasteiger partial charge in [0.15, 0.2) is 0 Å². The molecule has 27 heavy (non-hydrogen) atoms. The Morgan fingerprint density at radius 1 is 1.33 bits per heavy atom. The molecular weight excluding hydrogens is 344 g/mol. The van der Waals surface area contributed by atoms with Crippen molar-refractivity contribution in [1.29, 1.82) is 0 Å². The molecule has 0 aromatic carbocycles. The number of carbonyl (C=O) groups is 1. The summed E-state index contributed by atoms with van der Waals surface area (Å²) in [5.74, 6) is 0.684. The molecule has 4 heterocycles. The van der Waals surface area contributed by atoms with Gasteiger partial charge in [-0.05, 0) is 43.4 Å². The number of nitrogens with zero attached hydrogens (tertiary/aromatic N) is 4. The van der Waals surface area contributed by atoms with Crippen molar-refractivity contribution < 1.29 is 14.3 Å². The van der Waals surface area contributed by atoms with Gasteiger partial charge >= 0.3 is 0 Å². The van der Waals surface area contributed by atoms with Crippen LogP contribution in [-0.4, -0.2) is 58.1 Å². The molecule has 1 amide bonds. The summed E-state index contributed by atoms with van der Waals surface area (Å²) in [6, 6.07) is 5.94. The lowest BCUT2D eigenvalue weighted by Gasteiger charge is -2.34. The van der Waals surface area contributed by atoms with E-state index in [0.717, 1.165) is 50.5 Å². The Morgan fingerprint density at radius 2 is 2.19 bits per heavy atom. The van der Waals surface area contributed by atoms with Gasteiger partial charge in [0.2, 0.25) is 0 Å². The van der Waals surface area contributed by atoms with Gasteiger partial charge in [-0.2, -0.15) is 5.10 Å². The minimum atomic E-state index is 0.0723. The zero-order chi connectivity index (χ0) is 18.6. The molecule has 0 radical (unpaired) electrons. The quantitative estimate of drug-likeness (QED) is 0.730. The first-order valence-electron chi connectivity index (χ1n) is 9.81. The van der Waals surface area contributed by atoms with Crippen LogP contribution >= 0.6 is 0 Å². The van der Waals surface area contributed by atoms with Crippen LogP contribution < -0.4 is 0 Å². The van der Waals surface area contributed by atoms with E-state index in [1.54, 1.807) is 0 Å². The molecular formula is C20H28N4O3. The van der Waals surface area contributed by atoms with Crippen LogP contribution in [0.3, 0.4) is 0 Å². The summed E-state index contributed by atoms with van der Waals surface area (Å²) in [4.78, 5) is 14.9. The van der Waals surface area contributed by atoms with Gasteiger partial charge < -0.3 is 18.9 Å². The Balaban J connectivity index is 1.35. The van der Waals surface area contributed by atoms with Gasteiger partial charge in [0.05, 0.1) is 18.3 Å². The Labute approximate surface area is 159 Å². The van der Waals surface area contributed by atoms with E-state index in [9.17, 15) is 4.79 Å². The van der Waals surface area contributed by atoms with Crippen molar-refractivity contribution in [3.05, 3.63) is 42.0 Å². The summed E-state index contributed by atoms with van der Waals surface area (Å²) in [7, 11) is 1.91. The van der Waals surface area contributed by atoms with Gasteiger partial charge in [-0.1, -0.05) is 0 Å². The normalized spacial score (nSPS) is 20.6. The van der Waals surface area contributed by atoms with E-state index in [-0.39, 0.29) is 11.9 Å². The summed E-state index contributed by atoms with van der Waals surface area (Å²) in [5.41, 5.74) is 1.80. The van der Waals surface area contributed by atoms with E-state index in [0.29, 0.717) is 25.6 Å². The highest BCUT2D eigenvalue weighted by Crippen LogP contribution is 2.25. The minimum absolute atomic E-state index is 0.0723. The van der Waals surface area contributed by atoms with Gasteiger partial charge in [-0.25, -0.2) is 0 Å². The average Bonchev–Trinajstić information content (AvgIpc) is 3.34. The van der Waals surface area contributed by atoms with E-state index in [2.05, 4.69) is 9.78 Å². The lowest BCUT2D eigenvalue weighted by Crippen LogP contribution is -2.42. The predicted molar refractivity (Wildman–Crippen MR) is 100 cm³/mol. The Hall–Kier alpha value is -2.12. The third-order valence-electron chi connectivity index (χ3n) is 5.62. The van der Waals surface area contributed by atoms with Crippen molar-refractivity contribution in [2.24, 2.45) is 13.0 Å². The number of hydrogen-bond acceptors (Lipinski definition) is 4. The van der Waals surface area contributed by atoms with E-state index in [1.807, 2.05) is 47.1 Å². The largest absolute Gasteiger partial charge is 0.381 e. The first kappa shape index (κ1) is 18.3. The zero-order valence-electron chi connectivity index (χ0n) is 15.9. The number of aromatic nitrogens is 3. The van der Waals surface area contributed by atoms with Gasteiger partial charge in [-0.15, -0.1) is 0 Å². The fourth-order valence-corrected chi connectivity index (χ4v) is 3.98. The third kappa shape index (κ3) is 4.09. The van der Waals surface area contributed by atoms with Gasteiger partial charge in [0.25, 0.3) is 5.91 Å². The van der Waals surface area contributed by atoms with Crippen LogP contribution in [0.5, 0.6) is 0 Å². The lowest BCUT2D eigenvalue weighted by atomic mass is 10.0. The van der Waals surface area contributed by atoms with Crippen molar-refractivity contribution in [2.45, 2.75) is 31.8 Å². The highest BCUT2D eigenvalue weighted by molar-refractivity contribution is 5.92. The van der Waals surface area contributed by atoms with Crippen LogP contribution in [0.4, 0.5) is 0 Å². The number of hydrogen-bond donors (Lipinski definition) is 0. The van der Waals surface area contributed by atoms with Gasteiger partial charge in [-0.3, -0.25) is 9.48 Å². The molecule has 7 heteroatoms. The van der Waals surface area contributed by atoms with Crippen LogP contribution in [0.25, 0.3) is 0 Å². The van der Waals surface area contributed by atoms with Crippen molar-refractivity contribution in [3.8, 4) is 0 Å². The molecule has 1 saturated heterocycles. The first-order valence-corrected chi connectivity index (χ1v) is 9.81. The van der Waals surface area contributed by atoms with Crippen LogP contribution in [-0.2, 0) is 23.1 Å². The molecule has 2 aromatic rings. The molecule has 7 nitrogen and oxygen atoms in total. The Kier molecular flexibility index (Phi) is 5.59. The molecule has 2 aliphatic heterocycles. The van der Waals surface area contributed by atoms with Gasteiger partial charge in [0.1, 0.15) is 5.69 Å². The maximum Gasteiger partial charge on any atom is 0.270 e. The number of fused-ring (bicyclic) bond motifs is 1. The highest BCUT2D eigenvalue weighted by atomic mass is 16.5. The molecule has 0 N–H and O–H groups in total. The van der Waals surface area contributed by atoms with Crippen molar-refractivity contribution >= 4 is 5.91 Å². The Morgan fingerprint density at radius 3 is 2.96 bits per heavy atom. The van der Waals surface area contributed by atoms with Crippen molar-refractivity contribution in [2.75, 3.05) is 33.0 Å². The molecule has 146 valence electrons. The first-order chi connectivity index (χ1) is 13.2. The highest BCUT2D eigenvalue weighted by Gasteiger charge is 2.29. The van der Waals surface area contributed by atoms with E-state index < -0.39 is 0 Å². The second-order valence-electron chi connectivity index (χ2n) is 7.53. The molecule has 0 bridgehead atoms. The fourth-order valence-electron chi connectivity index (χ4n) is 3.98. The van der Waals surface area contributed by atoms with Gasteiger partial charge in [0, 0.05) is 52.4 Å². The SMILES string of the molecule is Cn1cccc1C(=O)N1Cc2ccnn2C(CCOCC2CCOCC2)C1. The van der Waals surface area contributed by atoms with E-state index in [1.165, 1.54) is 0 Å². The molecule has 0 spiro atoms. The number of rotatable bonds is 6. The number of ether oxygens (including phenoxy) is 2. The minimum Gasteiger partial charge on any atom is -0.381 e. The molecule has 4 rings (SSSR count). The molecule has 1 unspecified atom stereocenters. The molecule has 1 fully saturated rings. The van der Waals surface area contributed by atoms with Crippen LogP contribution in [0, 0.1) is 5.92 Å². The number of carbonyl (C=O) groups excluding carboxylic acids is 1. The lowest BCUT2D eigenvalue weighted by molar-refractivity contribution is 0.0156. The number of amides is 1. The summed E-state index contributed by atoms with van der Waals surface area (Å²) in [5, 5.41) is 4.48. The standard InChI is InChI=1S/C20H28N4O3/c1-22-9-2-3-19(22)20(25)23-13-17-4-8-21-24(17)18(14-23)7-12-27-15-16-5-10-26-11-6-16/h2-4,8-9,16,18H,5-7,10-15H2,1H3. The average molecular weight is 372 g/mol. The predicted octanol–water partition coefficient (Wildman–Crippen LogP) is 2.25. The second kappa shape index (κ2) is 8.27. The van der Waals surface area contributed by atoms with Crippen molar-refractivity contribution in [3.63, 3.8) is 0 Å². The zero-order valence-corrected chi connectivity index (χ0v) is 15.9. The fraction of sp³-hybridized carbons (Fsp3) is 0.600. The Bertz CT molecular complexity index is 763. The molecule has 0 saturated carbocycles. The van der Waals surface area contributed by atoms with Crippen LogP contribution in [0.1, 0.15) is 41.5 Å². The molecule has 2 aliphatic rings.